The van der Waals surface area contributed by atoms with E-state index in [-0.39, 0.29) is 11.5 Å². The standard InChI is InChI=1S/C21H23NO3/c1-4-22(5-2)17-8-7-15-12-16(21(24)18(15)13-17)10-14-6-9-19(23)20(11-14)25-3/h6-11,13,23H,4-5,12H2,1-3H3/b16-10+. The second-order valence-corrected chi connectivity index (χ2v) is 6.12. The number of aromatic hydroxyl groups is 1. The summed E-state index contributed by atoms with van der Waals surface area (Å²) >= 11 is 0. The molecular weight excluding hydrogens is 314 g/mol. The van der Waals surface area contributed by atoms with E-state index in [9.17, 15) is 9.90 Å². The molecule has 0 aromatic heterocycles. The number of benzene rings is 2. The van der Waals surface area contributed by atoms with E-state index in [2.05, 4.69) is 30.9 Å². The topological polar surface area (TPSA) is 49.8 Å². The number of rotatable bonds is 5. The van der Waals surface area contributed by atoms with E-state index < -0.39 is 0 Å². The lowest BCUT2D eigenvalue weighted by molar-refractivity contribution is 0.104. The number of ether oxygens (including phenoxy) is 1. The van der Waals surface area contributed by atoms with Crippen LogP contribution in [0.4, 0.5) is 5.69 Å². The molecule has 0 bridgehead atoms. The molecule has 130 valence electrons. The SMILES string of the molecule is CCN(CC)c1ccc2c(c1)C(=O)/C(=C/c1ccc(O)c(OC)c1)C2. The minimum Gasteiger partial charge on any atom is -0.504 e. The highest BCUT2D eigenvalue weighted by Gasteiger charge is 2.25. The van der Waals surface area contributed by atoms with Crippen LogP contribution in [0.2, 0.25) is 0 Å². The quantitative estimate of drug-likeness (QED) is 0.836. The van der Waals surface area contributed by atoms with E-state index in [0.29, 0.717) is 12.2 Å². The molecule has 0 fully saturated rings. The predicted octanol–water partition coefficient (Wildman–Crippen LogP) is 4.07. The van der Waals surface area contributed by atoms with Crippen LogP contribution in [0.5, 0.6) is 11.5 Å². The minimum atomic E-state index is 0.0797. The molecule has 4 nitrogen and oxygen atoms in total. The number of methoxy groups -OCH3 is 1. The third-order valence-electron chi connectivity index (χ3n) is 4.68. The second-order valence-electron chi connectivity index (χ2n) is 6.12. The Hall–Kier alpha value is -2.75. The summed E-state index contributed by atoms with van der Waals surface area (Å²) in [7, 11) is 1.51. The van der Waals surface area contributed by atoms with Crippen LogP contribution < -0.4 is 9.64 Å². The first-order valence-electron chi connectivity index (χ1n) is 8.57. The van der Waals surface area contributed by atoms with Crippen LogP contribution in [0, 0.1) is 0 Å². The van der Waals surface area contributed by atoms with Gasteiger partial charge in [0.25, 0.3) is 0 Å². The lowest BCUT2D eigenvalue weighted by Crippen LogP contribution is -2.21. The molecule has 0 atom stereocenters. The maximum atomic E-state index is 12.8. The number of hydrogen-bond acceptors (Lipinski definition) is 4. The highest BCUT2D eigenvalue weighted by atomic mass is 16.5. The van der Waals surface area contributed by atoms with E-state index in [1.807, 2.05) is 12.1 Å². The molecule has 25 heavy (non-hydrogen) atoms. The van der Waals surface area contributed by atoms with E-state index in [4.69, 9.17) is 4.74 Å². The molecule has 0 saturated heterocycles. The fraction of sp³-hybridized carbons (Fsp3) is 0.286. The molecule has 2 aromatic carbocycles. The van der Waals surface area contributed by atoms with Crippen LogP contribution in [-0.2, 0) is 6.42 Å². The number of allylic oxidation sites excluding steroid dienone is 1. The van der Waals surface area contributed by atoms with Gasteiger partial charge in [-0.2, -0.15) is 0 Å². The molecule has 0 aliphatic heterocycles. The molecular formula is C21H23NO3. The van der Waals surface area contributed by atoms with Gasteiger partial charge >= 0.3 is 0 Å². The van der Waals surface area contributed by atoms with Crippen molar-refractivity contribution in [3.05, 3.63) is 58.7 Å². The number of anilines is 1. The summed E-state index contributed by atoms with van der Waals surface area (Å²) in [6, 6.07) is 11.2. The van der Waals surface area contributed by atoms with E-state index in [1.165, 1.54) is 7.11 Å². The highest BCUT2D eigenvalue weighted by molar-refractivity contribution is 6.16. The molecule has 0 amide bonds. The zero-order valence-electron chi connectivity index (χ0n) is 14.9. The first kappa shape index (κ1) is 17.1. The van der Waals surface area contributed by atoms with E-state index >= 15 is 0 Å². The van der Waals surface area contributed by atoms with Gasteiger partial charge < -0.3 is 14.7 Å². The van der Waals surface area contributed by atoms with Crippen molar-refractivity contribution < 1.29 is 14.6 Å². The first-order valence-corrected chi connectivity index (χ1v) is 8.57. The van der Waals surface area contributed by atoms with Gasteiger partial charge in [0.2, 0.25) is 0 Å². The average molecular weight is 337 g/mol. The van der Waals surface area contributed by atoms with Crippen molar-refractivity contribution in [2.45, 2.75) is 20.3 Å². The molecule has 0 heterocycles. The molecule has 0 radical (unpaired) electrons. The molecule has 1 aliphatic rings. The van der Waals surface area contributed by atoms with Crippen molar-refractivity contribution >= 4 is 17.5 Å². The van der Waals surface area contributed by atoms with E-state index in [0.717, 1.165) is 41.0 Å². The molecule has 0 unspecified atom stereocenters. The van der Waals surface area contributed by atoms with Gasteiger partial charge in [0.1, 0.15) is 0 Å². The van der Waals surface area contributed by atoms with Crippen LogP contribution in [0.25, 0.3) is 6.08 Å². The summed E-state index contributed by atoms with van der Waals surface area (Å²) in [5.74, 6) is 0.576. The third-order valence-corrected chi connectivity index (χ3v) is 4.68. The summed E-state index contributed by atoms with van der Waals surface area (Å²) in [6.45, 7) is 6.06. The summed E-state index contributed by atoms with van der Waals surface area (Å²) < 4.78 is 5.14. The number of nitrogens with zero attached hydrogens (tertiary/aromatic N) is 1. The first-order chi connectivity index (χ1) is 12.1. The number of hydrogen-bond donors (Lipinski definition) is 1. The maximum Gasteiger partial charge on any atom is 0.189 e. The minimum absolute atomic E-state index is 0.0797. The fourth-order valence-corrected chi connectivity index (χ4v) is 3.28. The number of phenols is 1. The molecule has 3 rings (SSSR count). The van der Waals surface area contributed by atoms with Crippen molar-refractivity contribution in [1.82, 2.24) is 0 Å². The van der Waals surface area contributed by atoms with E-state index in [1.54, 1.807) is 18.2 Å². The average Bonchev–Trinajstić information content (AvgIpc) is 2.93. The summed E-state index contributed by atoms with van der Waals surface area (Å²) in [6.07, 6.45) is 2.51. The van der Waals surface area contributed by atoms with Crippen LogP contribution >= 0.6 is 0 Å². The van der Waals surface area contributed by atoms with Gasteiger partial charge in [-0.3, -0.25) is 4.79 Å². The molecule has 0 saturated carbocycles. The Morgan fingerprint density at radius 2 is 1.92 bits per heavy atom. The number of phenolic OH excluding ortho intramolecular Hbond substituents is 1. The number of carbonyl (C=O) groups is 1. The molecule has 2 aromatic rings. The predicted molar refractivity (Wildman–Crippen MR) is 101 cm³/mol. The largest absolute Gasteiger partial charge is 0.504 e. The monoisotopic (exact) mass is 337 g/mol. The molecule has 1 aliphatic carbocycles. The van der Waals surface area contributed by atoms with Gasteiger partial charge in [0.15, 0.2) is 17.3 Å². The number of fused-ring (bicyclic) bond motifs is 1. The Morgan fingerprint density at radius 3 is 2.60 bits per heavy atom. The fourth-order valence-electron chi connectivity index (χ4n) is 3.28. The number of Topliss-reactive ketones (excluding diaryl/α,β-unsaturated/α-hetero) is 1. The van der Waals surface area contributed by atoms with Crippen molar-refractivity contribution in [2.75, 3.05) is 25.1 Å². The van der Waals surface area contributed by atoms with Crippen molar-refractivity contribution in [3.8, 4) is 11.5 Å². The van der Waals surface area contributed by atoms with Gasteiger partial charge in [-0.05, 0) is 55.3 Å². The zero-order chi connectivity index (χ0) is 18.0. The third kappa shape index (κ3) is 3.25. The Bertz CT molecular complexity index is 835. The second kappa shape index (κ2) is 7.01. The van der Waals surface area contributed by atoms with Crippen molar-refractivity contribution in [2.24, 2.45) is 0 Å². The Labute approximate surface area is 148 Å². The molecule has 0 spiro atoms. The number of ketones is 1. The van der Waals surface area contributed by atoms with Crippen molar-refractivity contribution in [3.63, 3.8) is 0 Å². The Morgan fingerprint density at radius 1 is 1.16 bits per heavy atom. The zero-order valence-corrected chi connectivity index (χ0v) is 14.9. The lowest BCUT2D eigenvalue weighted by Gasteiger charge is -2.21. The summed E-state index contributed by atoms with van der Waals surface area (Å²) in [5, 5.41) is 9.70. The van der Waals surface area contributed by atoms with Crippen LogP contribution in [-0.4, -0.2) is 31.1 Å². The van der Waals surface area contributed by atoms with Gasteiger partial charge in [-0.1, -0.05) is 12.1 Å². The van der Waals surface area contributed by atoms with Gasteiger partial charge in [-0.15, -0.1) is 0 Å². The van der Waals surface area contributed by atoms with Crippen LogP contribution in [0.15, 0.2) is 42.0 Å². The van der Waals surface area contributed by atoms with Gasteiger partial charge in [0, 0.05) is 36.3 Å². The van der Waals surface area contributed by atoms with Gasteiger partial charge in [0.05, 0.1) is 7.11 Å². The molecule has 4 heteroatoms. The maximum absolute atomic E-state index is 12.8. The van der Waals surface area contributed by atoms with Gasteiger partial charge in [-0.25, -0.2) is 0 Å². The summed E-state index contributed by atoms with van der Waals surface area (Å²) in [5.41, 5.74) is 4.55. The lowest BCUT2D eigenvalue weighted by atomic mass is 10.1. The summed E-state index contributed by atoms with van der Waals surface area (Å²) in [4.78, 5) is 15.0. The van der Waals surface area contributed by atoms with Crippen LogP contribution in [0.1, 0.15) is 35.3 Å². The normalized spacial score (nSPS) is 14.7. The molecule has 1 N–H and O–H groups in total. The Kier molecular flexibility index (Phi) is 4.79. The smallest absolute Gasteiger partial charge is 0.189 e. The Balaban J connectivity index is 1.92. The van der Waals surface area contributed by atoms with Crippen molar-refractivity contribution in [1.29, 1.82) is 0 Å². The van der Waals surface area contributed by atoms with Crippen LogP contribution in [0.3, 0.4) is 0 Å². The highest BCUT2D eigenvalue weighted by Crippen LogP contribution is 2.33. The number of carbonyl (C=O) groups excluding carboxylic acids is 1.